The van der Waals surface area contributed by atoms with Gasteiger partial charge >= 0.3 is 12.1 Å². The van der Waals surface area contributed by atoms with Crippen LogP contribution >= 0.6 is 0 Å². The molecule has 4 aromatic rings. The van der Waals surface area contributed by atoms with E-state index < -0.39 is 17.9 Å². The van der Waals surface area contributed by atoms with E-state index in [2.05, 4.69) is 29.8 Å². The Morgan fingerprint density at radius 2 is 1.45 bits per heavy atom. The summed E-state index contributed by atoms with van der Waals surface area (Å²) in [6.45, 7) is 4.10. The predicted molar refractivity (Wildman–Crippen MR) is 154 cm³/mol. The van der Waals surface area contributed by atoms with Gasteiger partial charge in [-0.05, 0) is 58.4 Å². The van der Waals surface area contributed by atoms with Crippen molar-refractivity contribution in [3.63, 3.8) is 0 Å². The quantitative estimate of drug-likeness (QED) is 0.249. The molecule has 1 aliphatic rings. The molecule has 7 heteroatoms. The van der Waals surface area contributed by atoms with Crippen LogP contribution in [0.2, 0.25) is 0 Å². The summed E-state index contributed by atoms with van der Waals surface area (Å²) in [7, 11) is 0. The van der Waals surface area contributed by atoms with Crippen molar-refractivity contribution >= 4 is 12.1 Å². The monoisotopic (exact) mass is 537 g/mol. The Morgan fingerprint density at radius 1 is 0.825 bits per heavy atom. The van der Waals surface area contributed by atoms with Gasteiger partial charge in [-0.15, -0.1) is 0 Å². The number of ether oxygens (including phenoxy) is 1. The van der Waals surface area contributed by atoms with E-state index >= 15 is 0 Å². The number of benzene rings is 4. The highest BCUT2D eigenvalue weighted by molar-refractivity contribution is 5.80. The summed E-state index contributed by atoms with van der Waals surface area (Å²) in [5.74, 6) is -0.492. The molecule has 0 bridgehead atoms. The first-order valence-corrected chi connectivity index (χ1v) is 13.5. The van der Waals surface area contributed by atoms with E-state index in [1.807, 2.05) is 66.7 Å². The van der Waals surface area contributed by atoms with Gasteiger partial charge in [0.25, 0.3) is 0 Å². The van der Waals surface area contributed by atoms with Crippen molar-refractivity contribution in [2.24, 2.45) is 0 Å². The molecule has 0 atom stereocenters. The van der Waals surface area contributed by atoms with Crippen molar-refractivity contribution in [1.82, 2.24) is 15.8 Å². The second kappa shape index (κ2) is 12.0. The number of carbonyl (C=O) groups is 2. The highest BCUT2D eigenvalue weighted by Gasteiger charge is 2.29. The normalized spacial score (nSPS) is 11.9. The van der Waals surface area contributed by atoms with Gasteiger partial charge in [0.2, 0.25) is 0 Å². The molecule has 0 saturated heterocycles. The van der Waals surface area contributed by atoms with E-state index in [4.69, 9.17) is 4.74 Å². The third-order valence-corrected chi connectivity index (χ3v) is 7.32. The molecule has 3 amide bonds. The van der Waals surface area contributed by atoms with Crippen molar-refractivity contribution in [2.45, 2.75) is 32.7 Å². The first-order valence-electron chi connectivity index (χ1n) is 13.5. The van der Waals surface area contributed by atoms with Gasteiger partial charge < -0.3 is 10.1 Å². The van der Waals surface area contributed by atoms with Crippen LogP contribution in [0.1, 0.15) is 42.0 Å². The molecule has 1 aliphatic carbocycles. The number of hydrazine groups is 1. The zero-order valence-electron chi connectivity index (χ0n) is 22.6. The maximum absolute atomic E-state index is 14.9. The van der Waals surface area contributed by atoms with E-state index in [0.29, 0.717) is 5.56 Å². The molecule has 0 heterocycles. The van der Waals surface area contributed by atoms with Crippen LogP contribution < -0.4 is 10.7 Å². The van der Waals surface area contributed by atoms with Gasteiger partial charge in [0.05, 0.1) is 0 Å². The van der Waals surface area contributed by atoms with Crippen LogP contribution in [0.3, 0.4) is 0 Å². The molecule has 5 rings (SSSR count). The minimum atomic E-state index is -0.732. The Labute approximate surface area is 233 Å². The molecule has 0 aromatic heterocycles. The number of carbonyl (C=O) groups excluding carboxylic acids is 2. The standard InChI is InChI=1S/C33H32FN3O3/c1-3-22-11-5-6-12-25(22)23-17-18-24(31(34)19-23)20-35-32(38)37(4-2)36-33(39)40-21-30-28-15-9-7-13-26(28)27-14-8-10-16-29(27)30/h5-19,30H,3-4,20-21H2,1-2H3,(H,35,38)(H,36,39). The molecular formula is C33H32FN3O3. The average Bonchev–Trinajstić information content (AvgIpc) is 3.31. The van der Waals surface area contributed by atoms with Gasteiger partial charge in [0.1, 0.15) is 12.4 Å². The maximum Gasteiger partial charge on any atom is 0.426 e. The molecule has 0 aliphatic heterocycles. The first kappa shape index (κ1) is 26.9. The van der Waals surface area contributed by atoms with E-state index in [1.165, 1.54) is 6.07 Å². The van der Waals surface area contributed by atoms with Gasteiger partial charge in [-0.25, -0.2) is 24.4 Å². The molecule has 4 aromatic carbocycles. The van der Waals surface area contributed by atoms with Gasteiger partial charge in [-0.1, -0.05) is 91.9 Å². The van der Waals surface area contributed by atoms with Gasteiger partial charge in [-0.3, -0.25) is 0 Å². The predicted octanol–water partition coefficient (Wildman–Crippen LogP) is 7.04. The van der Waals surface area contributed by atoms with E-state index in [0.717, 1.165) is 50.4 Å². The van der Waals surface area contributed by atoms with Crippen molar-refractivity contribution in [3.05, 3.63) is 119 Å². The topological polar surface area (TPSA) is 70.7 Å². The minimum absolute atomic E-state index is 0.0246. The Balaban J connectivity index is 1.17. The Hall–Kier alpha value is -4.65. The highest BCUT2D eigenvalue weighted by Crippen LogP contribution is 2.44. The van der Waals surface area contributed by atoms with Gasteiger partial charge in [0, 0.05) is 24.6 Å². The summed E-state index contributed by atoms with van der Waals surface area (Å²) < 4.78 is 20.5. The van der Waals surface area contributed by atoms with E-state index in [1.54, 1.807) is 13.0 Å². The number of amides is 3. The first-order chi connectivity index (χ1) is 19.5. The summed E-state index contributed by atoms with van der Waals surface area (Å²) in [5.41, 5.74) is 10.2. The van der Waals surface area contributed by atoms with Crippen molar-refractivity contribution in [2.75, 3.05) is 13.2 Å². The lowest BCUT2D eigenvalue weighted by Gasteiger charge is -2.22. The minimum Gasteiger partial charge on any atom is -0.447 e. The van der Waals surface area contributed by atoms with Crippen LogP contribution in [0.25, 0.3) is 22.3 Å². The Morgan fingerprint density at radius 3 is 2.08 bits per heavy atom. The summed E-state index contributed by atoms with van der Waals surface area (Å²) in [6, 6.07) is 28.5. The van der Waals surface area contributed by atoms with Gasteiger partial charge in [0.15, 0.2) is 0 Å². The summed E-state index contributed by atoms with van der Waals surface area (Å²) in [5, 5.41) is 3.79. The molecular weight excluding hydrogens is 505 g/mol. The lowest BCUT2D eigenvalue weighted by atomic mass is 9.97. The van der Waals surface area contributed by atoms with Crippen LogP contribution in [-0.2, 0) is 17.7 Å². The Bertz CT molecular complexity index is 1490. The van der Waals surface area contributed by atoms with Crippen molar-refractivity contribution in [3.8, 4) is 22.3 Å². The highest BCUT2D eigenvalue weighted by atomic mass is 19.1. The lowest BCUT2D eigenvalue weighted by Crippen LogP contribution is -2.50. The van der Waals surface area contributed by atoms with E-state index in [9.17, 15) is 14.0 Å². The molecule has 0 spiro atoms. The number of hydrogen-bond donors (Lipinski definition) is 2. The second-order valence-electron chi connectivity index (χ2n) is 9.66. The van der Waals surface area contributed by atoms with Crippen LogP contribution in [0, 0.1) is 5.82 Å². The fourth-order valence-corrected chi connectivity index (χ4v) is 5.25. The molecule has 0 fully saturated rings. The van der Waals surface area contributed by atoms with Crippen LogP contribution in [-0.4, -0.2) is 30.3 Å². The number of hydrogen-bond acceptors (Lipinski definition) is 3. The summed E-state index contributed by atoms with van der Waals surface area (Å²) >= 11 is 0. The van der Waals surface area contributed by atoms with Crippen LogP contribution in [0.15, 0.2) is 91.0 Å². The molecule has 204 valence electrons. The summed E-state index contributed by atoms with van der Waals surface area (Å²) in [4.78, 5) is 25.4. The van der Waals surface area contributed by atoms with Gasteiger partial charge in [-0.2, -0.15) is 0 Å². The maximum atomic E-state index is 14.9. The lowest BCUT2D eigenvalue weighted by molar-refractivity contribution is 0.111. The van der Waals surface area contributed by atoms with Crippen LogP contribution in [0.4, 0.5) is 14.0 Å². The molecule has 2 N–H and O–H groups in total. The second-order valence-corrected chi connectivity index (χ2v) is 9.66. The number of rotatable bonds is 7. The van der Waals surface area contributed by atoms with Crippen LogP contribution in [0.5, 0.6) is 0 Å². The third-order valence-electron chi connectivity index (χ3n) is 7.32. The number of nitrogens with zero attached hydrogens (tertiary/aromatic N) is 1. The third kappa shape index (κ3) is 5.54. The fraction of sp³-hybridized carbons (Fsp3) is 0.212. The number of fused-ring (bicyclic) bond motifs is 3. The molecule has 6 nitrogen and oxygen atoms in total. The van der Waals surface area contributed by atoms with Crippen molar-refractivity contribution < 1.29 is 18.7 Å². The van der Waals surface area contributed by atoms with Crippen molar-refractivity contribution in [1.29, 1.82) is 0 Å². The summed E-state index contributed by atoms with van der Waals surface area (Å²) in [6.07, 6.45) is 0.114. The number of halogens is 1. The average molecular weight is 538 g/mol. The zero-order chi connectivity index (χ0) is 28.1. The molecule has 0 unspecified atom stereocenters. The molecule has 40 heavy (non-hydrogen) atoms. The SMILES string of the molecule is CCc1ccccc1-c1ccc(CNC(=O)N(CC)NC(=O)OCC2c3ccccc3-c3ccccc32)c(F)c1. The smallest absolute Gasteiger partial charge is 0.426 e. The number of urea groups is 1. The largest absolute Gasteiger partial charge is 0.447 e. The number of nitrogens with one attached hydrogen (secondary N) is 2. The molecule has 0 radical (unpaired) electrons. The fourth-order valence-electron chi connectivity index (χ4n) is 5.25. The molecule has 0 saturated carbocycles. The zero-order valence-corrected chi connectivity index (χ0v) is 22.6. The number of aryl methyl sites for hydroxylation is 1. The Kier molecular flexibility index (Phi) is 8.10. The van der Waals surface area contributed by atoms with E-state index in [-0.39, 0.29) is 25.6 Å².